The molecule has 2 aliphatic heterocycles. The van der Waals surface area contributed by atoms with Crippen LogP contribution in [0.1, 0.15) is 24.3 Å². The highest BCUT2D eigenvalue weighted by atomic mass is 15.3. The third kappa shape index (κ3) is 2.74. The van der Waals surface area contributed by atoms with E-state index in [-0.39, 0.29) is 0 Å². The molecular formula is C15H22N3. The van der Waals surface area contributed by atoms with Crippen LogP contribution >= 0.6 is 0 Å². The lowest BCUT2D eigenvalue weighted by molar-refractivity contribution is 0.110. The van der Waals surface area contributed by atoms with Crippen LogP contribution in [0.25, 0.3) is 0 Å². The Morgan fingerprint density at radius 3 is 2.67 bits per heavy atom. The molecule has 1 N–H and O–H groups in total. The molecule has 97 valence electrons. The summed E-state index contributed by atoms with van der Waals surface area (Å²) in [6.45, 7) is 5.55. The van der Waals surface area contributed by atoms with E-state index in [1.807, 2.05) is 0 Å². The van der Waals surface area contributed by atoms with Gasteiger partial charge in [-0.3, -0.25) is 4.90 Å². The third-order valence-electron chi connectivity index (χ3n) is 4.16. The minimum absolute atomic E-state index is 0.450. The highest BCUT2D eigenvalue weighted by Crippen LogP contribution is 2.29. The first-order chi connectivity index (χ1) is 8.93. The minimum atomic E-state index is 0.450. The van der Waals surface area contributed by atoms with Gasteiger partial charge in [0.15, 0.2) is 0 Å². The number of benzene rings is 1. The zero-order valence-electron chi connectivity index (χ0n) is 10.9. The van der Waals surface area contributed by atoms with Crippen molar-refractivity contribution < 1.29 is 0 Å². The van der Waals surface area contributed by atoms with E-state index in [4.69, 9.17) is 5.32 Å². The first-order valence-corrected chi connectivity index (χ1v) is 7.10. The van der Waals surface area contributed by atoms with Crippen LogP contribution in [0.2, 0.25) is 0 Å². The van der Waals surface area contributed by atoms with Crippen LogP contribution in [-0.4, -0.2) is 43.8 Å². The van der Waals surface area contributed by atoms with Crippen molar-refractivity contribution in [3.63, 3.8) is 0 Å². The van der Waals surface area contributed by atoms with Crippen LogP contribution in [0.4, 0.5) is 0 Å². The molecule has 2 heterocycles. The summed E-state index contributed by atoms with van der Waals surface area (Å²) < 4.78 is 0. The second kappa shape index (κ2) is 5.83. The molecule has 0 aliphatic carbocycles. The average Bonchev–Trinajstić information content (AvgIpc) is 2.49. The van der Waals surface area contributed by atoms with Gasteiger partial charge in [-0.25, -0.2) is 5.32 Å². The van der Waals surface area contributed by atoms with E-state index in [2.05, 4.69) is 40.5 Å². The van der Waals surface area contributed by atoms with Crippen molar-refractivity contribution in [1.82, 2.24) is 15.5 Å². The predicted molar refractivity (Wildman–Crippen MR) is 73.6 cm³/mol. The average molecular weight is 244 g/mol. The largest absolute Gasteiger partial charge is 0.314 e. The van der Waals surface area contributed by atoms with Crippen molar-refractivity contribution in [1.29, 1.82) is 0 Å². The van der Waals surface area contributed by atoms with E-state index >= 15 is 0 Å². The van der Waals surface area contributed by atoms with E-state index < -0.39 is 0 Å². The molecule has 1 aromatic rings. The molecule has 2 fully saturated rings. The van der Waals surface area contributed by atoms with E-state index in [1.165, 1.54) is 18.4 Å². The summed E-state index contributed by atoms with van der Waals surface area (Å²) in [4.78, 5) is 2.55. The van der Waals surface area contributed by atoms with E-state index in [9.17, 15) is 0 Å². The molecule has 1 aromatic carbocycles. The van der Waals surface area contributed by atoms with Crippen molar-refractivity contribution in [2.24, 2.45) is 0 Å². The highest BCUT2D eigenvalue weighted by molar-refractivity contribution is 5.20. The summed E-state index contributed by atoms with van der Waals surface area (Å²) in [6, 6.07) is 10.9. The van der Waals surface area contributed by atoms with Gasteiger partial charge in [0.1, 0.15) is 0 Å². The fourth-order valence-electron chi connectivity index (χ4n) is 3.10. The third-order valence-corrected chi connectivity index (χ3v) is 4.16. The quantitative estimate of drug-likeness (QED) is 0.852. The van der Waals surface area contributed by atoms with Crippen molar-refractivity contribution in [3.8, 4) is 0 Å². The van der Waals surface area contributed by atoms with E-state index in [0.717, 1.165) is 32.7 Å². The normalized spacial score (nSPS) is 30.2. The van der Waals surface area contributed by atoms with Gasteiger partial charge < -0.3 is 5.32 Å². The maximum absolute atomic E-state index is 4.83. The van der Waals surface area contributed by atoms with E-state index in [1.54, 1.807) is 0 Å². The molecule has 0 spiro atoms. The smallest absolute Gasteiger partial charge is 0.0767 e. The highest BCUT2D eigenvalue weighted by Gasteiger charge is 2.28. The number of piperazine rings is 1. The number of nitrogens with one attached hydrogen (secondary N) is 1. The van der Waals surface area contributed by atoms with Gasteiger partial charge in [-0.05, 0) is 24.3 Å². The summed E-state index contributed by atoms with van der Waals surface area (Å²) in [5, 5.41) is 8.24. The number of piperidine rings is 1. The summed E-state index contributed by atoms with van der Waals surface area (Å²) in [6.07, 6.45) is 2.86. The molecule has 2 unspecified atom stereocenters. The molecule has 1 radical (unpaired) electrons. The Balaban J connectivity index is 1.64. The molecule has 3 nitrogen and oxygen atoms in total. The Bertz CT molecular complexity index is 359. The van der Waals surface area contributed by atoms with Gasteiger partial charge >= 0.3 is 0 Å². The second-order valence-corrected chi connectivity index (χ2v) is 5.30. The molecule has 0 saturated carbocycles. The minimum Gasteiger partial charge on any atom is -0.314 e. The molecular weight excluding hydrogens is 222 g/mol. The molecule has 0 amide bonds. The predicted octanol–water partition coefficient (Wildman–Crippen LogP) is 1.40. The van der Waals surface area contributed by atoms with Crippen LogP contribution in [0.5, 0.6) is 0 Å². The van der Waals surface area contributed by atoms with Gasteiger partial charge in [-0.15, -0.1) is 0 Å². The Hall–Kier alpha value is -0.900. The first kappa shape index (κ1) is 12.2. The van der Waals surface area contributed by atoms with Gasteiger partial charge in [0.25, 0.3) is 0 Å². The van der Waals surface area contributed by atoms with Gasteiger partial charge in [-0.1, -0.05) is 30.3 Å². The lowest BCUT2D eigenvalue weighted by Gasteiger charge is -2.39. The molecule has 3 heteroatoms. The zero-order valence-corrected chi connectivity index (χ0v) is 10.9. The molecule has 0 aromatic heterocycles. The van der Waals surface area contributed by atoms with Crippen molar-refractivity contribution >= 4 is 0 Å². The van der Waals surface area contributed by atoms with Crippen LogP contribution in [-0.2, 0) is 0 Å². The summed E-state index contributed by atoms with van der Waals surface area (Å²) >= 11 is 0. The van der Waals surface area contributed by atoms with Crippen LogP contribution in [0.3, 0.4) is 0 Å². The number of nitrogens with zero attached hydrogens (tertiary/aromatic N) is 2. The zero-order chi connectivity index (χ0) is 12.2. The summed E-state index contributed by atoms with van der Waals surface area (Å²) in [5.74, 6) is 0.698. The number of hydrogen-bond donors (Lipinski definition) is 1. The fourth-order valence-corrected chi connectivity index (χ4v) is 3.10. The van der Waals surface area contributed by atoms with Crippen molar-refractivity contribution in [3.05, 3.63) is 35.9 Å². The number of rotatable bonds is 2. The van der Waals surface area contributed by atoms with E-state index in [0.29, 0.717) is 12.1 Å². The van der Waals surface area contributed by atoms with Gasteiger partial charge in [-0.2, -0.15) is 0 Å². The number of hydrogen-bond acceptors (Lipinski definition) is 2. The topological polar surface area (TPSA) is 29.4 Å². The fraction of sp³-hybridized carbons (Fsp3) is 0.600. The molecule has 2 saturated heterocycles. The second-order valence-electron chi connectivity index (χ2n) is 5.30. The van der Waals surface area contributed by atoms with Gasteiger partial charge in [0.05, 0.1) is 6.17 Å². The van der Waals surface area contributed by atoms with Crippen LogP contribution in [0, 0.1) is 0 Å². The van der Waals surface area contributed by atoms with Gasteiger partial charge in [0, 0.05) is 32.7 Å². The van der Waals surface area contributed by atoms with Crippen LogP contribution < -0.4 is 10.6 Å². The molecule has 0 bridgehead atoms. The monoisotopic (exact) mass is 244 g/mol. The molecule has 2 atom stereocenters. The Morgan fingerprint density at radius 1 is 1.11 bits per heavy atom. The molecule has 2 aliphatic rings. The Morgan fingerprint density at radius 2 is 1.89 bits per heavy atom. The van der Waals surface area contributed by atoms with Crippen LogP contribution in [0.15, 0.2) is 30.3 Å². The lowest BCUT2D eigenvalue weighted by Crippen LogP contribution is -2.53. The standard InChI is InChI=1S/C15H22N3/c1-2-4-13(5-3-1)14-6-7-17-15(12-14)18-10-8-16-9-11-18/h1-5,14-16H,6-12H2. The van der Waals surface area contributed by atoms with Gasteiger partial charge in [0.2, 0.25) is 0 Å². The Kier molecular flexibility index (Phi) is 3.93. The van der Waals surface area contributed by atoms with Crippen molar-refractivity contribution in [2.75, 3.05) is 32.7 Å². The Labute approximate surface area is 110 Å². The van der Waals surface area contributed by atoms with Crippen molar-refractivity contribution in [2.45, 2.75) is 24.9 Å². The first-order valence-electron chi connectivity index (χ1n) is 7.10. The maximum atomic E-state index is 4.83. The molecule has 3 rings (SSSR count). The lowest BCUT2D eigenvalue weighted by atomic mass is 9.88. The molecule has 18 heavy (non-hydrogen) atoms. The SMILES string of the molecule is c1ccc(C2CC[N]C(N3CCNCC3)C2)cc1. The summed E-state index contributed by atoms with van der Waals surface area (Å²) in [5.41, 5.74) is 1.49. The maximum Gasteiger partial charge on any atom is 0.0767 e. The summed E-state index contributed by atoms with van der Waals surface area (Å²) in [7, 11) is 0.